The zero-order valence-corrected chi connectivity index (χ0v) is 11.4. The normalized spacial score (nSPS) is 21.6. The molecule has 20 heavy (non-hydrogen) atoms. The summed E-state index contributed by atoms with van der Waals surface area (Å²) >= 11 is 0. The van der Waals surface area contributed by atoms with Crippen LogP contribution in [0, 0.1) is 0 Å². The van der Waals surface area contributed by atoms with Crippen LogP contribution in [-0.2, 0) is 4.79 Å². The van der Waals surface area contributed by atoms with Gasteiger partial charge in [0, 0.05) is 18.4 Å². The molecular weight excluding hydrogens is 250 g/mol. The number of para-hydroxylation sites is 1. The Balaban J connectivity index is 1.81. The van der Waals surface area contributed by atoms with Gasteiger partial charge in [0.25, 0.3) is 0 Å². The number of benzene rings is 2. The van der Waals surface area contributed by atoms with Gasteiger partial charge in [0.2, 0.25) is 5.91 Å². The zero-order chi connectivity index (χ0) is 13.9. The van der Waals surface area contributed by atoms with Gasteiger partial charge in [0.1, 0.15) is 11.5 Å². The lowest BCUT2D eigenvalue weighted by Gasteiger charge is -2.15. The van der Waals surface area contributed by atoms with Gasteiger partial charge < -0.3 is 10.1 Å². The standard InChI is InChI=1S/C17H17NO2/c1-12-16(11-17(19)18-12)13-6-5-9-15(10-13)20-14-7-3-2-4-8-14/h2-10,12,16H,11H2,1H3,(H,18,19). The third-order valence-corrected chi connectivity index (χ3v) is 3.66. The minimum Gasteiger partial charge on any atom is -0.457 e. The van der Waals surface area contributed by atoms with Crippen LogP contribution in [0.25, 0.3) is 0 Å². The first kappa shape index (κ1) is 12.7. The summed E-state index contributed by atoms with van der Waals surface area (Å²) in [4.78, 5) is 11.5. The molecule has 0 radical (unpaired) electrons. The molecule has 0 saturated carbocycles. The molecule has 0 spiro atoms. The van der Waals surface area contributed by atoms with Crippen molar-refractivity contribution in [2.45, 2.75) is 25.3 Å². The van der Waals surface area contributed by atoms with E-state index in [9.17, 15) is 4.79 Å². The Labute approximate surface area is 118 Å². The van der Waals surface area contributed by atoms with Crippen molar-refractivity contribution in [3.8, 4) is 11.5 Å². The number of nitrogens with one attached hydrogen (secondary N) is 1. The molecule has 2 unspecified atom stereocenters. The van der Waals surface area contributed by atoms with Crippen molar-refractivity contribution in [1.29, 1.82) is 0 Å². The van der Waals surface area contributed by atoms with Gasteiger partial charge >= 0.3 is 0 Å². The van der Waals surface area contributed by atoms with E-state index in [0.29, 0.717) is 6.42 Å². The number of carbonyl (C=O) groups is 1. The average Bonchev–Trinajstić information content (AvgIpc) is 2.79. The summed E-state index contributed by atoms with van der Waals surface area (Å²) in [6.07, 6.45) is 0.552. The predicted octanol–water partition coefficient (Wildman–Crippen LogP) is 3.47. The molecule has 1 aliphatic rings. The maximum Gasteiger partial charge on any atom is 0.220 e. The zero-order valence-electron chi connectivity index (χ0n) is 11.4. The second-order valence-corrected chi connectivity index (χ2v) is 5.15. The topological polar surface area (TPSA) is 38.3 Å². The Kier molecular flexibility index (Phi) is 3.42. The highest BCUT2D eigenvalue weighted by Crippen LogP contribution is 2.31. The van der Waals surface area contributed by atoms with Crippen LogP contribution in [0.15, 0.2) is 54.6 Å². The maximum absolute atomic E-state index is 11.5. The Bertz CT molecular complexity index is 609. The summed E-state index contributed by atoms with van der Waals surface area (Å²) in [7, 11) is 0. The second-order valence-electron chi connectivity index (χ2n) is 5.15. The van der Waals surface area contributed by atoms with Crippen molar-refractivity contribution in [1.82, 2.24) is 5.32 Å². The second kappa shape index (κ2) is 5.37. The monoisotopic (exact) mass is 267 g/mol. The van der Waals surface area contributed by atoms with Crippen molar-refractivity contribution < 1.29 is 9.53 Å². The maximum atomic E-state index is 11.5. The molecule has 3 heteroatoms. The summed E-state index contributed by atoms with van der Waals surface area (Å²) in [6.45, 7) is 2.04. The van der Waals surface area contributed by atoms with E-state index in [4.69, 9.17) is 4.74 Å². The summed E-state index contributed by atoms with van der Waals surface area (Å²) in [5.41, 5.74) is 1.14. The molecule has 3 nitrogen and oxygen atoms in total. The lowest BCUT2D eigenvalue weighted by atomic mass is 9.93. The van der Waals surface area contributed by atoms with E-state index < -0.39 is 0 Å². The summed E-state index contributed by atoms with van der Waals surface area (Å²) in [5.74, 6) is 1.97. The lowest BCUT2D eigenvalue weighted by Crippen LogP contribution is -2.24. The van der Waals surface area contributed by atoms with Crippen LogP contribution in [0.1, 0.15) is 24.8 Å². The van der Waals surface area contributed by atoms with E-state index in [0.717, 1.165) is 17.1 Å². The highest BCUT2D eigenvalue weighted by atomic mass is 16.5. The van der Waals surface area contributed by atoms with Crippen LogP contribution >= 0.6 is 0 Å². The number of hydrogen-bond donors (Lipinski definition) is 1. The molecule has 1 amide bonds. The molecular formula is C17H17NO2. The Morgan fingerprint density at radius 2 is 1.80 bits per heavy atom. The minimum absolute atomic E-state index is 0.122. The number of ether oxygens (including phenoxy) is 1. The predicted molar refractivity (Wildman–Crippen MR) is 77.9 cm³/mol. The van der Waals surface area contributed by atoms with Gasteiger partial charge in [-0.15, -0.1) is 0 Å². The SMILES string of the molecule is CC1NC(=O)CC1c1cccc(Oc2ccccc2)c1. The fourth-order valence-corrected chi connectivity index (χ4v) is 2.63. The molecule has 2 atom stereocenters. The summed E-state index contributed by atoms with van der Waals surface area (Å²) in [6, 6.07) is 17.9. The van der Waals surface area contributed by atoms with Gasteiger partial charge in [-0.3, -0.25) is 4.79 Å². The number of carbonyl (C=O) groups excluding carboxylic acids is 1. The quantitative estimate of drug-likeness (QED) is 0.924. The number of amides is 1. The molecule has 2 aromatic carbocycles. The average molecular weight is 267 g/mol. The lowest BCUT2D eigenvalue weighted by molar-refractivity contribution is -0.119. The van der Waals surface area contributed by atoms with Crippen molar-refractivity contribution in [3.05, 3.63) is 60.2 Å². The molecule has 102 valence electrons. The first-order valence-corrected chi connectivity index (χ1v) is 6.84. The third kappa shape index (κ3) is 2.67. The van der Waals surface area contributed by atoms with Gasteiger partial charge in [-0.2, -0.15) is 0 Å². The van der Waals surface area contributed by atoms with Crippen LogP contribution in [0.2, 0.25) is 0 Å². The van der Waals surface area contributed by atoms with Gasteiger partial charge in [-0.25, -0.2) is 0 Å². The van der Waals surface area contributed by atoms with Crippen LogP contribution in [0.5, 0.6) is 11.5 Å². The smallest absolute Gasteiger partial charge is 0.220 e. The molecule has 1 aliphatic heterocycles. The number of rotatable bonds is 3. The van der Waals surface area contributed by atoms with Crippen molar-refractivity contribution >= 4 is 5.91 Å². The van der Waals surface area contributed by atoms with Gasteiger partial charge in [-0.1, -0.05) is 30.3 Å². The summed E-state index contributed by atoms with van der Waals surface area (Å²) in [5, 5.41) is 2.95. The fraction of sp³-hybridized carbons (Fsp3) is 0.235. The van der Waals surface area contributed by atoms with E-state index in [2.05, 4.69) is 11.4 Å². The molecule has 1 saturated heterocycles. The van der Waals surface area contributed by atoms with Gasteiger partial charge in [0.05, 0.1) is 0 Å². The fourth-order valence-electron chi connectivity index (χ4n) is 2.63. The molecule has 0 aliphatic carbocycles. The Hall–Kier alpha value is -2.29. The number of hydrogen-bond acceptors (Lipinski definition) is 2. The first-order valence-electron chi connectivity index (χ1n) is 6.84. The largest absolute Gasteiger partial charge is 0.457 e. The molecule has 0 aromatic heterocycles. The van der Waals surface area contributed by atoms with Crippen LogP contribution < -0.4 is 10.1 Å². The summed E-state index contributed by atoms with van der Waals surface area (Å²) < 4.78 is 5.84. The van der Waals surface area contributed by atoms with Crippen molar-refractivity contribution in [2.24, 2.45) is 0 Å². The molecule has 1 heterocycles. The van der Waals surface area contributed by atoms with E-state index >= 15 is 0 Å². The highest BCUT2D eigenvalue weighted by molar-refractivity contribution is 5.80. The van der Waals surface area contributed by atoms with Crippen LogP contribution in [-0.4, -0.2) is 11.9 Å². The third-order valence-electron chi connectivity index (χ3n) is 3.66. The van der Waals surface area contributed by atoms with Crippen LogP contribution in [0.3, 0.4) is 0 Å². The molecule has 0 bridgehead atoms. The molecule has 3 rings (SSSR count). The van der Waals surface area contributed by atoms with E-state index in [1.807, 2.05) is 55.5 Å². The minimum atomic E-state index is 0.122. The Morgan fingerprint density at radius 1 is 1.05 bits per heavy atom. The molecule has 1 fully saturated rings. The van der Waals surface area contributed by atoms with Crippen molar-refractivity contribution in [3.63, 3.8) is 0 Å². The van der Waals surface area contributed by atoms with E-state index in [1.165, 1.54) is 0 Å². The van der Waals surface area contributed by atoms with E-state index in [1.54, 1.807) is 0 Å². The highest BCUT2D eigenvalue weighted by Gasteiger charge is 2.30. The van der Waals surface area contributed by atoms with Crippen LogP contribution in [0.4, 0.5) is 0 Å². The van der Waals surface area contributed by atoms with Crippen molar-refractivity contribution in [2.75, 3.05) is 0 Å². The van der Waals surface area contributed by atoms with Gasteiger partial charge in [0.15, 0.2) is 0 Å². The first-order chi connectivity index (χ1) is 9.72. The van der Waals surface area contributed by atoms with E-state index in [-0.39, 0.29) is 17.9 Å². The Morgan fingerprint density at radius 3 is 2.50 bits per heavy atom. The molecule has 1 N–H and O–H groups in total. The van der Waals surface area contributed by atoms with Gasteiger partial charge in [-0.05, 0) is 36.8 Å². The molecule has 2 aromatic rings.